The van der Waals surface area contributed by atoms with Crippen molar-refractivity contribution in [3.05, 3.63) is 203 Å². The molecule has 4 aromatic carbocycles. The number of benzene rings is 4. The average Bonchev–Trinajstić information content (AvgIpc) is 3.95. The molecule has 0 bridgehead atoms. The molecule has 0 amide bonds. The lowest BCUT2D eigenvalue weighted by molar-refractivity contribution is -0.138. The lowest BCUT2D eigenvalue weighted by Crippen LogP contribution is -2.32. The third kappa shape index (κ3) is 12.3. The van der Waals surface area contributed by atoms with Crippen LogP contribution in [0.15, 0.2) is 155 Å². The van der Waals surface area contributed by atoms with Gasteiger partial charge in [0, 0.05) is 43.2 Å². The van der Waals surface area contributed by atoms with E-state index in [4.69, 9.17) is 13.8 Å². The molecule has 4 N–H and O–H groups in total. The van der Waals surface area contributed by atoms with Crippen LogP contribution in [0, 0.1) is 18.6 Å². The summed E-state index contributed by atoms with van der Waals surface area (Å²) in [6.45, 7) is 3.78. The number of rotatable bonds is 17. The summed E-state index contributed by atoms with van der Waals surface area (Å²) in [6.07, 6.45) is 4.85. The van der Waals surface area contributed by atoms with E-state index in [9.17, 15) is 28.6 Å². The minimum Gasteiger partial charge on any atom is -0.480 e. The predicted octanol–water partition coefficient (Wildman–Crippen LogP) is 10.0. The Morgan fingerprint density at radius 3 is 1.66 bits per heavy atom. The van der Waals surface area contributed by atoms with Crippen molar-refractivity contribution in [3.8, 4) is 22.5 Å². The van der Waals surface area contributed by atoms with Crippen LogP contribution in [0.5, 0.6) is 0 Å². The van der Waals surface area contributed by atoms with Crippen LogP contribution in [0.2, 0.25) is 0 Å². The largest absolute Gasteiger partial charge is 0.480 e. The van der Waals surface area contributed by atoms with Gasteiger partial charge in [-0.2, -0.15) is 0 Å². The highest BCUT2D eigenvalue weighted by molar-refractivity contribution is 5.78. The SMILES string of the molecule is CCc1ccc(CC(Nc2ncc(-c3ccccc3F)nc2Cc2ccccc2)C(=O)O)o1.Cc1ccc(CC(Nc2ncc(-c3cccc(F)c3)nc2Cc2ccccc2)C(=O)O)o1. The van der Waals surface area contributed by atoms with Crippen LogP contribution in [-0.2, 0) is 41.7 Å². The Kier molecular flexibility index (Phi) is 14.8. The van der Waals surface area contributed by atoms with E-state index in [0.717, 1.165) is 23.3 Å². The second kappa shape index (κ2) is 21.4. The third-order valence-corrected chi connectivity index (χ3v) is 10.3. The summed E-state index contributed by atoms with van der Waals surface area (Å²) in [5.41, 5.74) is 4.90. The molecule has 0 aliphatic carbocycles. The van der Waals surface area contributed by atoms with Crippen LogP contribution >= 0.6 is 0 Å². The van der Waals surface area contributed by atoms with Crippen LogP contribution in [0.3, 0.4) is 0 Å². The Morgan fingerprint density at radius 2 is 1.14 bits per heavy atom. The first kappa shape index (κ1) is 45.0. The molecule has 65 heavy (non-hydrogen) atoms. The number of carboxylic acids is 2. The van der Waals surface area contributed by atoms with Gasteiger partial charge in [-0.3, -0.25) is 0 Å². The summed E-state index contributed by atoms with van der Waals surface area (Å²) in [6, 6.07) is 37.1. The summed E-state index contributed by atoms with van der Waals surface area (Å²) >= 11 is 0. The van der Waals surface area contributed by atoms with Crippen molar-refractivity contribution in [3.63, 3.8) is 0 Å². The molecule has 0 saturated heterocycles. The molecule has 8 aromatic rings. The fourth-order valence-corrected chi connectivity index (χ4v) is 6.96. The van der Waals surface area contributed by atoms with E-state index >= 15 is 0 Å². The number of furan rings is 2. The molecule has 330 valence electrons. The van der Waals surface area contributed by atoms with E-state index < -0.39 is 29.8 Å². The molecule has 4 aromatic heterocycles. The Hall–Kier alpha value is -8.00. The number of aryl methyl sites for hydroxylation is 2. The summed E-state index contributed by atoms with van der Waals surface area (Å²) in [4.78, 5) is 42.2. The lowest BCUT2D eigenvalue weighted by Gasteiger charge is -2.17. The maximum Gasteiger partial charge on any atom is 0.326 e. The molecule has 0 radical (unpaired) electrons. The van der Waals surface area contributed by atoms with Gasteiger partial charge in [0.1, 0.15) is 58.4 Å². The molecule has 12 nitrogen and oxygen atoms in total. The van der Waals surface area contributed by atoms with E-state index in [2.05, 4.69) is 25.6 Å². The second-order valence-electron chi connectivity index (χ2n) is 15.1. The van der Waals surface area contributed by atoms with Crippen LogP contribution in [0.25, 0.3) is 22.5 Å². The number of carboxylic acid groups (broad SMARTS) is 2. The number of carbonyl (C=O) groups is 2. The van der Waals surface area contributed by atoms with E-state index in [1.54, 1.807) is 55.5 Å². The minimum absolute atomic E-state index is 0.150. The third-order valence-electron chi connectivity index (χ3n) is 10.3. The van der Waals surface area contributed by atoms with Gasteiger partial charge in [-0.25, -0.2) is 38.3 Å². The van der Waals surface area contributed by atoms with E-state index in [0.29, 0.717) is 75.7 Å². The highest BCUT2D eigenvalue weighted by Crippen LogP contribution is 2.26. The van der Waals surface area contributed by atoms with Gasteiger partial charge >= 0.3 is 11.9 Å². The maximum absolute atomic E-state index is 14.4. The molecular formula is C51H46F2N6O6. The zero-order valence-electron chi connectivity index (χ0n) is 35.6. The molecule has 4 heterocycles. The molecule has 14 heteroatoms. The second-order valence-corrected chi connectivity index (χ2v) is 15.1. The molecule has 8 rings (SSSR count). The first-order valence-electron chi connectivity index (χ1n) is 20.9. The monoisotopic (exact) mass is 876 g/mol. The van der Waals surface area contributed by atoms with Gasteiger partial charge in [0.15, 0.2) is 0 Å². The number of hydrogen-bond acceptors (Lipinski definition) is 10. The van der Waals surface area contributed by atoms with Crippen LogP contribution < -0.4 is 10.6 Å². The minimum atomic E-state index is -1.03. The van der Waals surface area contributed by atoms with E-state index in [1.165, 1.54) is 30.6 Å². The first-order valence-corrected chi connectivity index (χ1v) is 20.9. The zero-order valence-corrected chi connectivity index (χ0v) is 35.6. The van der Waals surface area contributed by atoms with Crippen LogP contribution in [0.1, 0.15) is 52.5 Å². The summed E-state index contributed by atoms with van der Waals surface area (Å²) < 4.78 is 39.3. The Balaban J connectivity index is 0.000000194. The predicted molar refractivity (Wildman–Crippen MR) is 242 cm³/mol. The molecule has 0 fully saturated rings. The number of nitrogens with one attached hydrogen (secondary N) is 2. The summed E-state index contributed by atoms with van der Waals surface area (Å²) in [5.74, 6) is 0.542. The number of hydrogen-bond donors (Lipinski definition) is 4. The standard InChI is InChI=1S/C26H24FN3O3.C25H22FN3O3/c1-2-18-12-13-19(33-18)15-23(26(31)32)30-25-22(14-17-8-4-3-5-9-17)29-24(16-28-25)20-10-6-7-11-21(20)27;1-16-10-11-20(32-16)14-22(25(30)31)29-24-21(12-17-6-3-2-4-7-17)28-23(15-27-24)18-8-5-9-19(26)13-18/h3-13,16,23H,2,14-15H2,1H3,(H,28,30)(H,31,32);2-11,13,15,22H,12,14H2,1H3,(H,27,29)(H,30,31). The molecule has 0 aliphatic rings. The Bertz CT molecular complexity index is 2850. The number of aromatic nitrogens is 4. The Labute approximate surface area is 374 Å². The van der Waals surface area contributed by atoms with Gasteiger partial charge in [0.25, 0.3) is 0 Å². The zero-order chi connectivity index (χ0) is 45.7. The quantitative estimate of drug-likeness (QED) is 0.0682. The van der Waals surface area contributed by atoms with Crippen molar-refractivity contribution in [2.45, 2.75) is 58.0 Å². The Morgan fingerprint density at radius 1 is 0.615 bits per heavy atom. The molecule has 0 spiro atoms. The molecule has 0 saturated carbocycles. The molecule has 0 aliphatic heterocycles. The smallest absolute Gasteiger partial charge is 0.326 e. The lowest BCUT2D eigenvalue weighted by atomic mass is 10.1. The fraction of sp³-hybridized carbons (Fsp3) is 0.176. The highest BCUT2D eigenvalue weighted by atomic mass is 19.1. The highest BCUT2D eigenvalue weighted by Gasteiger charge is 2.24. The van der Waals surface area contributed by atoms with Gasteiger partial charge in [-0.15, -0.1) is 0 Å². The molecule has 2 atom stereocenters. The van der Waals surface area contributed by atoms with E-state index in [1.807, 2.05) is 73.7 Å². The number of anilines is 2. The van der Waals surface area contributed by atoms with Gasteiger partial charge in [-0.05, 0) is 66.6 Å². The van der Waals surface area contributed by atoms with Crippen molar-refractivity contribution >= 4 is 23.6 Å². The van der Waals surface area contributed by atoms with E-state index in [-0.39, 0.29) is 18.7 Å². The van der Waals surface area contributed by atoms with Crippen molar-refractivity contribution in [1.29, 1.82) is 0 Å². The average molecular weight is 877 g/mol. The normalized spacial score (nSPS) is 11.8. The topological polar surface area (TPSA) is 176 Å². The van der Waals surface area contributed by atoms with Crippen molar-refractivity contribution in [2.75, 3.05) is 10.6 Å². The fourth-order valence-electron chi connectivity index (χ4n) is 6.96. The van der Waals surface area contributed by atoms with Gasteiger partial charge < -0.3 is 29.7 Å². The number of nitrogens with zero attached hydrogens (tertiary/aromatic N) is 4. The van der Waals surface area contributed by atoms with Gasteiger partial charge in [0.2, 0.25) is 0 Å². The maximum atomic E-state index is 14.4. The number of aliphatic carboxylic acids is 2. The van der Waals surface area contributed by atoms with Gasteiger partial charge in [0.05, 0.1) is 35.2 Å². The van der Waals surface area contributed by atoms with Gasteiger partial charge in [-0.1, -0.05) is 91.9 Å². The van der Waals surface area contributed by atoms with Crippen molar-refractivity contribution < 1.29 is 37.4 Å². The van der Waals surface area contributed by atoms with Crippen LogP contribution in [-0.4, -0.2) is 54.2 Å². The van der Waals surface area contributed by atoms with Crippen molar-refractivity contribution in [2.24, 2.45) is 0 Å². The summed E-state index contributed by atoms with van der Waals surface area (Å²) in [5, 5.41) is 25.6. The van der Waals surface area contributed by atoms with Crippen LogP contribution in [0.4, 0.5) is 20.4 Å². The molecular weight excluding hydrogens is 831 g/mol. The number of halogens is 2. The van der Waals surface area contributed by atoms with Crippen molar-refractivity contribution in [1.82, 2.24) is 19.9 Å². The summed E-state index contributed by atoms with van der Waals surface area (Å²) in [7, 11) is 0. The first-order chi connectivity index (χ1) is 31.5. The molecule has 2 unspecified atom stereocenters.